The molecule has 23 heavy (non-hydrogen) atoms. The lowest BCUT2D eigenvalue weighted by atomic mass is 9.84. The van der Waals surface area contributed by atoms with Gasteiger partial charge in [-0.05, 0) is 62.2 Å². The fourth-order valence-electron chi connectivity index (χ4n) is 3.35. The largest absolute Gasteiger partial charge is 0.351 e. The van der Waals surface area contributed by atoms with Gasteiger partial charge in [0.25, 0.3) is 0 Å². The van der Waals surface area contributed by atoms with Gasteiger partial charge in [-0.15, -0.1) is 0 Å². The Morgan fingerprint density at radius 3 is 1.17 bits per heavy atom. The van der Waals surface area contributed by atoms with Crippen molar-refractivity contribution < 1.29 is 9.47 Å². The third-order valence-electron chi connectivity index (χ3n) is 4.04. The van der Waals surface area contributed by atoms with Crippen molar-refractivity contribution in [3.8, 4) is 0 Å². The average Bonchev–Trinajstić information content (AvgIpc) is 2.22. The highest BCUT2D eigenvalue weighted by Crippen LogP contribution is 2.27. The van der Waals surface area contributed by atoms with Crippen LogP contribution in [0.3, 0.4) is 0 Å². The molecule has 0 aromatic heterocycles. The summed E-state index contributed by atoms with van der Waals surface area (Å²) in [6.07, 6.45) is 4.68. The van der Waals surface area contributed by atoms with E-state index in [1.165, 1.54) is 12.8 Å². The van der Waals surface area contributed by atoms with Crippen LogP contribution in [0.1, 0.15) is 94.9 Å². The van der Waals surface area contributed by atoms with Gasteiger partial charge in [0, 0.05) is 0 Å². The van der Waals surface area contributed by atoms with Gasteiger partial charge in [-0.1, -0.05) is 55.4 Å². The molecule has 0 aliphatic heterocycles. The van der Waals surface area contributed by atoms with E-state index in [9.17, 15) is 0 Å². The summed E-state index contributed by atoms with van der Waals surface area (Å²) in [5, 5.41) is 0. The molecule has 140 valence electrons. The Morgan fingerprint density at radius 1 is 0.609 bits per heavy atom. The third-order valence-corrected chi connectivity index (χ3v) is 4.04. The van der Waals surface area contributed by atoms with E-state index in [0.717, 1.165) is 26.1 Å². The first-order chi connectivity index (χ1) is 10.2. The Labute approximate surface area is 146 Å². The maximum absolute atomic E-state index is 5.98. The van der Waals surface area contributed by atoms with Crippen LogP contribution in [0.5, 0.6) is 0 Å². The lowest BCUT2D eigenvalue weighted by Crippen LogP contribution is -2.30. The van der Waals surface area contributed by atoms with Crippen LogP contribution in [0.15, 0.2) is 0 Å². The molecule has 0 fully saturated rings. The van der Waals surface area contributed by atoms with E-state index < -0.39 is 5.79 Å². The van der Waals surface area contributed by atoms with Crippen LogP contribution in [-0.2, 0) is 9.47 Å². The van der Waals surface area contributed by atoms with Crippen LogP contribution >= 0.6 is 0 Å². The summed E-state index contributed by atoms with van der Waals surface area (Å²) in [4.78, 5) is 0. The van der Waals surface area contributed by atoms with Crippen molar-refractivity contribution in [2.45, 2.75) is 101 Å². The van der Waals surface area contributed by atoms with E-state index in [2.05, 4.69) is 55.4 Å². The minimum absolute atomic E-state index is 0.397. The molecular weight excluding hydrogens is 284 g/mol. The fourth-order valence-corrected chi connectivity index (χ4v) is 3.35. The molecule has 2 unspecified atom stereocenters. The van der Waals surface area contributed by atoms with Gasteiger partial charge in [0.05, 0.1) is 13.2 Å². The standard InChI is InChI=1S/C21H44O2/c1-17(15-19(3,4)5)11-13-22-21(9,10)23-14-12-18(2)16-20(6,7)8/h17-18H,11-16H2,1-10H3. The molecule has 0 amide bonds. The van der Waals surface area contributed by atoms with Crippen molar-refractivity contribution in [1.82, 2.24) is 0 Å². The predicted molar refractivity (Wildman–Crippen MR) is 102 cm³/mol. The van der Waals surface area contributed by atoms with Crippen LogP contribution in [-0.4, -0.2) is 19.0 Å². The molecule has 0 radical (unpaired) electrons. The van der Waals surface area contributed by atoms with Gasteiger partial charge < -0.3 is 9.47 Å². The highest BCUT2D eigenvalue weighted by atomic mass is 16.7. The zero-order chi connectivity index (χ0) is 18.3. The van der Waals surface area contributed by atoms with E-state index in [1.54, 1.807) is 0 Å². The first kappa shape index (κ1) is 22.9. The van der Waals surface area contributed by atoms with Crippen molar-refractivity contribution in [3.63, 3.8) is 0 Å². The van der Waals surface area contributed by atoms with Crippen LogP contribution in [0.2, 0.25) is 0 Å². The van der Waals surface area contributed by atoms with E-state index in [0.29, 0.717) is 22.7 Å². The quantitative estimate of drug-likeness (QED) is 0.416. The van der Waals surface area contributed by atoms with Gasteiger partial charge in [0.2, 0.25) is 0 Å². The maximum Gasteiger partial charge on any atom is 0.162 e. The lowest BCUT2D eigenvalue weighted by molar-refractivity contribution is -0.216. The molecule has 0 aliphatic rings. The fraction of sp³-hybridized carbons (Fsp3) is 1.00. The summed E-state index contributed by atoms with van der Waals surface area (Å²) in [5.74, 6) is 0.915. The summed E-state index contributed by atoms with van der Waals surface area (Å²) in [7, 11) is 0. The summed E-state index contributed by atoms with van der Waals surface area (Å²) >= 11 is 0. The normalized spacial score (nSPS) is 16.4. The lowest BCUT2D eigenvalue weighted by Gasteiger charge is -2.29. The first-order valence-corrected chi connectivity index (χ1v) is 9.48. The number of hydrogen-bond donors (Lipinski definition) is 0. The second-order valence-electron chi connectivity index (χ2n) is 10.4. The highest BCUT2D eigenvalue weighted by Gasteiger charge is 2.21. The zero-order valence-electron chi connectivity index (χ0n) is 17.7. The maximum atomic E-state index is 5.98. The molecule has 0 rings (SSSR count). The van der Waals surface area contributed by atoms with Crippen molar-refractivity contribution in [2.75, 3.05) is 13.2 Å². The predicted octanol–water partition coefficient (Wildman–Crippen LogP) is 6.68. The Bertz CT molecular complexity index is 277. The van der Waals surface area contributed by atoms with E-state index in [-0.39, 0.29) is 0 Å². The Kier molecular flexibility index (Phi) is 9.38. The zero-order valence-corrected chi connectivity index (χ0v) is 17.7. The summed E-state index contributed by atoms with van der Waals surface area (Å²) in [5.41, 5.74) is 0.795. The minimum atomic E-state index is -0.469. The van der Waals surface area contributed by atoms with E-state index in [4.69, 9.17) is 9.47 Å². The minimum Gasteiger partial charge on any atom is -0.351 e. The number of rotatable bonds is 10. The van der Waals surface area contributed by atoms with Crippen LogP contribution in [0.25, 0.3) is 0 Å². The van der Waals surface area contributed by atoms with Gasteiger partial charge in [-0.25, -0.2) is 0 Å². The second-order valence-corrected chi connectivity index (χ2v) is 10.4. The van der Waals surface area contributed by atoms with Crippen molar-refractivity contribution in [1.29, 1.82) is 0 Å². The van der Waals surface area contributed by atoms with Crippen LogP contribution in [0, 0.1) is 22.7 Å². The summed E-state index contributed by atoms with van der Waals surface area (Å²) < 4.78 is 12.0. The molecule has 0 saturated carbocycles. The van der Waals surface area contributed by atoms with Gasteiger partial charge in [0.1, 0.15) is 0 Å². The Hall–Kier alpha value is -0.0800. The molecule has 0 bridgehead atoms. The smallest absolute Gasteiger partial charge is 0.162 e. The molecule has 0 aliphatic carbocycles. The molecule has 2 nitrogen and oxygen atoms in total. The second kappa shape index (κ2) is 9.42. The van der Waals surface area contributed by atoms with Crippen LogP contribution < -0.4 is 0 Å². The highest BCUT2D eigenvalue weighted by molar-refractivity contribution is 4.68. The Morgan fingerprint density at radius 2 is 0.913 bits per heavy atom. The molecule has 0 spiro atoms. The number of hydrogen-bond acceptors (Lipinski definition) is 2. The third kappa shape index (κ3) is 15.2. The Balaban J connectivity index is 3.93. The number of ether oxygens (including phenoxy) is 2. The van der Waals surface area contributed by atoms with Crippen molar-refractivity contribution in [3.05, 3.63) is 0 Å². The first-order valence-electron chi connectivity index (χ1n) is 9.48. The van der Waals surface area contributed by atoms with Gasteiger partial charge in [-0.2, -0.15) is 0 Å². The average molecular weight is 329 g/mol. The monoisotopic (exact) mass is 328 g/mol. The summed E-state index contributed by atoms with van der Waals surface area (Å²) in [6, 6.07) is 0. The van der Waals surface area contributed by atoms with E-state index >= 15 is 0 Å². The topological polar surface area (TPSA) is 18.5 Å². The molecule has 0 heterocycles. The van der Waals surface area contributed by atoms with Gasteiger partial charge >= 0.3 is 0 Å². The molecular formula is C21H44O2. The molecule has 2 heteroatoms. The van der Waals surface area contributed by atoms with Gasteiger partial charge in [-0.3, -0.25) is 0 Å². The van der Waals surface area contributed by atoms with Crippen molar-refractivity contribution >= 4 is 0 Å². The molecule has 2 atom stereocenters. The molecule has 0 aromatic rings. The molecule has 0 saturated heterocycles. The molecule has 0 N–H and O–H groups in total. The van der Waals surface area contributed by atoms with Crippen LogP contribution in [0.4, 0.5) is 0 Å². The summed E-state index contributed by atoms with van der Waals surface area (Å²) in [6.45, 7) is 24.1. The molecule has 0 aromatic carbocycles. The van der Waals surface area contributed by atoms with Gasteiger partial charge in [0.15, 0.2) is 5.79 Å². The van der Waals surface area contributed by atoms with Crippen molar-refractivity contribution in [2.24, 2.45) is 22.7 Å². The SMILES string of the molecule is CC(CCOC(C)(C)OCCC(C)CC(C)(C)C)CC(C)(C)C. The van der Waals surface area contributed by atoms with E-state index in [1.807, 2.05) is 13.8 Å².